The average Bonchev–Trinajstić information content (AvgIpc) is 2.85. The summed E-state index contributed by atoms with van der Waals surface area (Å²) in [4.78, 5) is 11.4. The van der Waals surface area contributed by atoms with Gasteiger partial charge in [0.25, 0.3) is 0 Å². The van der Waals surface area contributed by atoms with Gasteiger partial charge in [-0.3, -0.25) is 0 Å². The lowest BCUT2D eigenvalue weighted by atomic mass is 9.86. The molecule has 1 atom stereocenters. The van der Waals surface area contributed by atoms with Crippen LogP contribution in [0.4, 0.5) is 0 Å². The van der Waals surface area contributed by atoms with Crippen LogP contribution in [0.15, 0.2) is 66.7 Å². The van der Waals surface area contributed by atoms with Gasteiger partial charge in [0, 0.05) is 23.7 Å². The molecule has 0 bridgehead atoms. The maximum atomic E-state index is 11.4. The van der Waals surface area contributed by atoms with Gasteiger partial charge in [-0.15, -0.1) is 0 Å². The van der Waals surface area contributed by atoms with Crippen molar-refractivity contribution in [1.82, 2.24) is 5.32 Å². The molecule has 1 aliphatic carbocycles. The van der Waals surface area contributed by atoms with Crippen molar-refractivity contribution in [2.75, 3.05) is 0 Å². The third-order valence-corrected chi connectivity index (χ3v) is 6.34. The lowest BCUT2D eigenvalue weighted by molar-refractivity contribution is 0.0696. The second-order valence-corrected chi connectivity index (χ2v) is 8.79. The number of carbonyl (C=O) groups is 1. The molecule has 3 nitrogen and oxygen atoms in total. The maximum Gasteiger partial charge on any atom is 0.335 e. The van der Waals surface area contributed by atoms with Crippen molar-refractivity contribution < 1.29 is 9.90 Å². The molecule has 33 heavy (non-hydrogen) atoms. The van der Waals surface area contributed by atoms with Crippen LogP contribution in [0, 0.1) is 11.8 Å². The lowest BCUT2D eigenvalue weighted by Gasteiger charge is -2.27. The van der Waals surface area contributed by atoms with Crippen LogP contribution in [-0.2, 0) is 19.4 Å². The number of aromatic carboxylic acids is 1. The Hall–Kier alpha value is -3.35. The van der Waals surface area contributed by atoms with E-state index in [-0.39, 0.29) is 6.04 Å². The Morgan fingerprint density at radius 2 is 1.64 bits per heavy atom. The van der Waals surface area contributed by atoms with Gasteiger partial charge in [-0.05, 0) is 90.8 Å². The molecule has 3 aromatic carbocycles. The highest BCUT2D eigenvalue weighted by atomic mass is 16.4. The van der Waals surface area contributed by atoms with Crippen LogP contribution in [0.25, 0.3) is 0 Å². The van der Waals surface area contributed by atoms with Crippen LogP contribution >= 0.6 is 0 Å². The molecule has 3 heteroatoms. The van der Waals surface area contributed by atoms with Crippen LogP contribution in [0.2, 0.25) is 0 Å². The maximum absolute atomic E-state index is 11.4. The SMILES string of the molecule is CCCCc1ccc(C#Cc2ccc(CNC3CCCc4ccc(C(=O)O)cc43)cc2)cc1. The summed E-state index contributed by atoms with van der Waals surface area (Å²) in [5.41, 5.74) is 7.36. The van der Waals surface area contributed by atoms with Crippen molar-refractivity contribution in [3.8, 4) is 11.8 Å². The van der Waals surface area contributed by atoms with Crippen molar-refractivity contribution in [1.29, 1.82) is 0 Å². The number of carboxylic acids is 1. The number of nitrogens with one attached hydrogen (secondary N) is 1. The molecule has 3 aromatic rings. The first kappa shape index (κ1) is 22.8. The van der Waals surface area contributed by atoms with Crippen LogP contribution in [0.3, 0.4) is 0 Å². The Balaban J connectivity index is 1.36. The summed E-state index contributed by atoms with van der Waals surface area (Å²) >= 11 is 0. The fourth-order valence-corrected chi connectivity index (χ4v) is 4.37. The molecule has 1 unspecified atom stereocenters. The minimum Gasteiger partial charge on any atom is -0.478 e. The Bertz CT molecular complexity index is 1150. The van der Waals surface area contributed by atoms with Gasteiger partial charge < -0.3 is 10.4 Å². The number of carboxylic acid groups (broad SMARTS) is 1. The summed E-state index contributed by atoms with van der Waals surface area (Å²) in [7, 11) is 0. The highest BCUT2D eigenvalue weighted by Crippen LogP contribution is 2.31. The lowest BCUT2D eigenvalue weighted by Crippen LogP contribution is -2.25. The number of hydrogen-bond donors (Lipinski definition) is 2. The van der Waals surface area contributed by atoms with Crippen LogP contribution in [-0.4, -0.2) is 11.1 Å². The molecule has 0 saturated carbocycles. The zero-order chi connectivity index (χ0) is 23.0. The van der Waals surface area contributed by atoms with Gasteiger partial charge >= 0.3 is 5.97 Å². The molecule has 0 heterocycles. The largest absolute Gasteiger partial charge is 0.478 e. The van der Waals surface area contributed by atoms with Crippen LogP contribution in [0.5, 0.6) is 0 Å². The van der Waals surface area contributed by atoms with E-state index in [0.29, 0.717) is 5.56 Å². The van der Waals surface area contributed by atoms with E-state index in [9.17, 15) is 9.90 Å². The molecular weight excluding hydrogens is 406 g/mol. The minimum atomic E-state index is -0.869. The summed E-state index contributed by atoms with van der Waals surface area (Å²) in [5, 5.41) is 13.0. The van der Waals surface area contributed by atoms with Crippen LogP contribution in [0.1, 0.15) is 82.4 Å². The Morgan fingerprint density at radius 3 is 2.27 bits per heavy atom. The molecule has 0 spiro atoms. The first-order valence-electron chi connectivity index (χ1n) is 11.9. The molecule has 0 aliphatic heterocycles. The smallest absolute Gasteiger partial charge is 0.335 e. The first-order valence-corrected chi connectivity index (χ1v) is 11.9. The van der Waals surface area contributed by atoms with E-state index < -0.39 is 5.97 Å². The summed E-state index contributed by atoms with van der Waals surface area (Å²) in [6, 6.07) is 22.6. The van der Waals surface area contributed by atoms with E-state index in [1.807, 2.05) is 12.1 Å². The number of hydrogen-bond acceptors (Lipinski definition) is 2. The quantitative estimate of drug-likeness (QED) is 0.427. The first-order chi connectivity index (χ1) is 16.1. The Kier molecular flexibility index (Phi) is 7.60. The fourth-order valence-electron chi connectivity index (χ4n) is 4.37. The zero-order valence-corrected chi connectivity index (χ0v) is 19.2. The summed E-state index contributed by atoms with van der Waals surface area (Å²) in [6.07, 6.45) is 6.73. The summed E-state index contributed by atoms with van der Waals surface area (Å²) < 4.78 is 0. The molecule has 1 aliphatic rings. The van der Waals surface area contributed by atoms with Crippen molar-refractivity contribution in [3.05, 3.63) is 106 Å². The van der Waals surface area contributed by atoms with Crippen LogP contribution < -0.4 is 5.32 Å². The summed E-state index contributed by atoms with van der Waals surface area (Å²) in [6.45, 7) is 2.96. The highest BCUT2D eigenvalue weighted by Gasteiger charge is 2.21. The molecule has 0 amide bonds. The number of unbranched alkanes of at least 4 members (excludes halogenated alkanes) is 1. The predicted octanol–water partition coefficient (Wildman–Crippen LogP) is 6.29. The molecule has 168 valence electrons. The number of benzene rings is 3. The van der Waals surface area contributed by atoms with Gasteiger partial charge in [0.05, 0.1) is 5.56 Å². The van der Waals surface area contributed by atoms with E-state index in [1.54, 1.807) is 6.07 Å². The van der Waals surface area contributed by atoms with E-state index in [4.69, 9.17) is 0 Å². The Labute approximate surface area is 196 Å². The predicted molar refractivity (Wildman–Crippen MR) is 133 cm³/mol. The van der Waals surface area contributed by atoms with Gasteiger partial charge in [-0.25, -0.2) is 4.79 Å². The Morgan fingerprint density at radius 1 is 0.970 bits per heavy atom. The van der Waals surface area contributed by atoms with Crippen molar-refractivity contribution in [2.45, 2.75) is 58.0 Å². The number of fused-ring (bicyclic) bond motifs is 1. The zero-order valence-electron chi connectivity index (χ0n) is 19.2. The number of aryl methyl sites for hydroxylation is 2. The molecule has 4 rings (SSSR count). The van der Waals surface area contributed by atoms with E-state index >= 15 is 0 Å². The summed E-state index contributed by atoms with van der Waals surface area (Å²) in [5.74, 6) is 5.65. The number of rotatable bonds is 7. The van der Waals surface area contributed by atoms with Gasteiger partial charge in [0.2, 0.25) is 0 Å². The monoisotopic (exact) mass is 437 g/mol. The second-order valence-electron chi connectivity index (χ2n) is 8.79. The molecule has 0 aromatic heterocycles. The third-order valence-electron chi connectivity index (χ3n) is 6.34. The molecular formula is C30H31NO2. The molecule has 0 radical (unpaired) electrons. The topological polar surface area (TPSA) is 49.3 Å². The molecule has 0 saturated heterocycles. The minimum absolute atomic E-state index is 0.188. The fraction of sp³-hybridized carbons (Fsp3) is 0.300. The average molecular weight is 438 g/mol. The van der Waals surface area contributed by atoms with E-state index in [0.717, 1.165) is 48.9 Å². The standard InChI is InChI=1S/C30H31NO2/c1-2-3-5-22-8-10-23(11-9-22)12-13-24-14-16-25(17-15-24)21-31-29-7-4-6-26-18-19-27(30(32)33)20-28(26)29/h8-11,14-20,29,31H,2-7,21H2,1H3,(H,32,33). The van der Waals surface area contributed by atoms with Gasteiger partial charge in [-0.2, -0.15) is 0 Å². The highest BCUT2D eigenvalue weighted by molar-refractivity contribution is 5.88. The molecule has 2 N–H and O–H groups in total. The molecule has 0 fully saturated rings. The van der Waals surface area contributed by atoms with Crippen molar-refractivity contribution in [3.63, 3.8) is 0 Å². The van der Waals surface area contributed by atoms with Crippen molar-refractivity contribution >= 4 is 5.97 Å². The van der Waals surface area contributed by atoms with E-state index in [2.05, 4.69) is 72.6 Å². The van der Waals surface area contributed by atoms with Gasteiger partial charge in [0.1, 0.15) is 0 Å². The third kappa shape index (κ3) is 6.12. The van der Waals surface area contributed by atoms with E-state index in [1.165, 1.54) is 29.5 Å². The second kappa shape index (κ2) is 11.0. The van der Waals surface area contributed by atoms with Gasteiger partial charge in [0.15, 0.2) is 0 Å². The van der Waals surface area contributed by atoms with Gasteiger partial charge in [-0.1, -0.05) is 55.5 Å². The van der Waals surface area contributed by atoms with Crippen molar-refractivity contribution in [2.24, 2.45) is 0 Å². The normalized spacial score (nSPS) is 14.8.